The van der Waals surface area contributed by atoms with Crippen molar-refractivity contribution in [2.24, 2.45) is 0 Å². The minimum atomic E-state index is -0.434. The van der Waals surface area contributed by atoms with Gasteiger partial charge in [0.25, 0.3) is 5.91 Å². The summed E-state index contributed by atoms with van der Waals surface area (Å²) in [7, 11) is 0. The van der Waals surface area contributed by atoms with Crippen LogP contribution in [-0.4, -0.2) is 5.91 Å². The number of hydrogen-bond acceptors (Lipinski definition) is 3. The van der Waals surface area contributed by atoms with Crippen LogP contribution in [-0.2, 0) is 0 Å². The van der Waals surface area contributed by atoms with Gasteiger partial charge in [-0.05, 0) is 47.3 Å². The lowest BCUT2D eigenvalue weighted by Crippen LogP contribution is -2.28. The highest BCUT2D eigenvalue weighted by atomic mass is 35.5. The Morgan fingerprint density at radius 2 is 1.78 bits per heavy atom. The average molecular weight is 420 g/mol. The fourth-order valence-electron chi connectivity index (χ4n) is 2.81. The average Bonchev–Trinajstić information content (AvgIpc) is 3.29. The minimum Gasteiger partial charge on any atom is -0.340 e. The molecule has 136 valence electrons. The fourth-order valence-corrected chi connectivity index (χ4v) is 5.06. The Labute approximate surface area is 167 Å². The summed E-state index contributed by atoms with van der Waals surface area (Å²) < 4.78 is 27.4. The predicted molar refractivity (Wildman–Crippen MR) is 107 cm³/mol. The van der Waals surface area contributed by atoms with E-state index in [1.165, 1.54) is 35.6 Å². The number of halogens is 3. The zero-order chi connectivity index (χ0) is 19.0. The molecule has 0 spiro atoms. The summed E-state index contributed by atoms with van der Waals surface area (Å²) in [5.74, 6) is -1.08. The quantitative estimate of drug-likeness (QED) is 0.406. The molecule has 2 nitrogen and oxygen atoms in total. The van der Waals surface area contributed by atoms with E-state index in [0.29, 0.717) is 20.0 Å². The van der Waals surface area contributed by atoms with Gasteiger partial charge in [0.05, 0.1) is 11.1 Å². The van der Waals surface area contributed by atoms with Gasteiger partial charge in [-0.1, -0.05) is 29.8 Å². The molecule has 2 heterocycles. The van der Waals surface area contributed by atoms with Crippen molar-refractivity contribution < 1.29 is 13.6 Å². The summed E-state index contributed by atoms with van der Waals surface area (Å²) in [5, 5.41) is 5.82. The smallest absolute Gasteiger partial charge is 0.263 e. The van der Waals surface area contributed by atoms with E-state index in [0.717, 1.165) is 21.8 Å². The molecule has 0 aliphatic heterocycles. The third kappa shape index (κ3) is 3.60. The molecule has 4 rings (SSSR count). The van der Waals surface area contributed by atoms with Crippen LogP contribution in [0.1, 0.15) is 26.2 Å². The number of benzene rings is 2. The Morgan fingerprint density at radius 1 is 1.04 bits per heavy atom. The lowest BCUT2D eigenvalue weighted by atomic mass is 10.1. The molecule has 4 aromatic rings. The van der Waals surface area contributed by atoms with E-state index in [9.17, 15) is 13.6 Å². The Kier molecular flexibility index (Phi) is 4.95. The molecule has 1 unspecified atom stereocenters. The van der Waals surface area contributed by atoms with Crippen molar-refractivity contribution in [3.8, 4) is 0 Å². The van der Waals surface area contributed by atoms with E-state index in [1.807, 2.05) is 17.5 Å². The topological polar surface area (TPSA) is 29.1 Å². The second-order valence-corrected chi connectivity index (χ2v) is 8.27. The third-order valence-corrected chi connectivity index (χ3v) is 6.70. The standard InChI is InChI=1S/C20H12ClF2NOS2/c21-17-14-8-7-13(23)10-16(14)27-19(17)20(25)24-18(15-2-1-9-26-15)11-3-5-12(22)6-4-11/h1-10,18H,(H,24,25). The summed E-state index contributed by atoms with van der Waals surface area (Å²) in [6, 6.07) is 13.6. The van der Waals surface area contributed by atoms with Crippen molar-refractivity contribution in [3.05, 3.63) is 92.0 Å². The largest absolute Gasteiger partial charge is 0.340 e. The first-order valence-electron chi connectivity index (χ1n) is 8.00. The van der Waals surface area contributed by atoms with Crippen LogP contribution in [0.3, 0.4) is 0 Å². The molecule has 0 aliphatic rings. The van der Waals surface area contributed by atoms with Gasteiger partial charge in [-0.25, -0.2) is 8.78 Å². The van der Waals surface area contributed by atoms with Gasteiger partial charge >= 0.3 is 0 Å². The maximum absolute atomic E-state index is 13.5. The van der Waals surface area contributed by atoms with Gasteiger partial charge in [-0.2, -0.15) is 0 Å². The molecule has 0 bridgehead atoms. The van der Waals surface area contributed by atoms with Gasteiger partial charge in [0.15, 0.2) is 0 Å². The number of carbonyl (C=O) groups is 1. The normalized spacial score (nSPS) is 12.3. The Bertz CT molecular complexity index is 1110. The number of fused-ring (bicyclic) bond motifs is 1. The van der Waals surface area contributed by atoms with E-state index >= 15 is 0 Å². The maximum atomic E-state index is 13.5. The van der Waals surface area contributed by atoms with Gasteiger partial charge < -0.3 is 5.32 Å². The van der Waals surface area contributed by atoms with Gasteiger partial charge in [0.2, 0.25) is 0 Å². The summed E-state index contributed by atoms with van der Waals surface area (Å²) in [6.45, 7) is 0. The van der Waals surface area contributed by atoms with Crippen LogP contribution >= 0.6 is 34.3 Å². The first kappa shape index (κ1) is 18.1. The van der Waals surface area contributed by atoms with Crippen LogP contribution in [0.5, 0.6) is 0 Å². The van der Waals surface area contributed by atoms with Crippen LogP contribution in [0.25, 0.3) is 10.1 Å². The highest BCUT2D eigenvalue weighted by Crippen LogP contribution is 2.36. The van der Waals surface area contributed by atoms with Crippen molar-refractivity contribution in [2.75, 3.05) is 0 Å². The van der Waals surface area contributed by atoms with E-state index in [4.69, 9.17) is 11.6 Å². The van der Waals surface area contributed by atoms with Crippen molar-refractivity contribution in [2.45, 2.75) is 6.04 Å². The molecule has 0 saturated heterocycles. The van der Waals surface area contributed by atoms with Gasteiger partial charge in [0, 0.05) is 15.0 Å². The molecule has 2 aromatic heterocycles. The molecule has 1 amide bonds. The Hall–Kier alpha value is -2.28. The molecule has 27 heavy (non-hydrogen) atoms. The van der Waals surface area contributed by atoms with Crippen molar-refractivity contribution in [1.29, 1.82) is 0 Å². The van der Waals surface area contributed by atoms with Gasteiger partial charge in [-0.15, -0.1) is 22.7 Å². The third-order valence-electron chi connectivity index (χ3n) is 4.10. The number of nitrogens with one attached hydrogen (secondary N) is 1. The van der Waals surface area contributed by atoms with Crippen LogP contribution in [0.2, 0.25) is 5.02 Å². The molecular weight excluding hydrogens is 408 g/mol. The number of hydrogen-bond donors (Lipinski definition) is 1. The van der Waals surface area contributed by atoms with Crippen LogP contribution < -0.4 is 5.32 Å². The first-order valence-corrected chi connectivity index (χ1v) is 10.1. The van der Waals surface area contributed by atoms with Crippen molar-refractivity contribution in [1.82, 2.24) is 5.32 Å². The molecular formula is C20H12ClF2NOS2. The molecule has 7 heteroatoms. The molecule has 0 saturated carbocycles. The number of carbonyl (C=O) groups excluding carboxylic acids is 1. The highest BCUT2D eigenvalue weighted by molar-refractivity contribution is 7.21. The second kappa shape index (κ2) is 7.38. The summed E-state index contributed by atoms with van der Waals surface area (Å²) in [4.78, 5) is 14.2. The van der Waals surface area contributed by atoms with Crippen LogP contribution in [0.15, 0.2) is 60.0 Å². The predicted octanol–water partition coefficient (Wildman–Crippen LogP) is 6.41. The maximum Gasteiger partial charge on any atom is 0.263 e. The van der Waals surface area contributed by atoms with Gasteiger partial charge in [-0.3, -0.25) is 4.79 Å². The lowest BCUT2D eigenvalue weighted by molar-refractivity contribution is 0.0948. The lowest BCUT2D eigenvalue weighted by Gasteiger charge is -2.18. The number of rotatable bonds is 4. The molecule has 2 aromatic carbocycles. The first-order chi connectivity index (χ1) is 13.0. The molecule has 0 aliphatic carbocycles. The SMILES string of the molecule is O=C(NC(c1ccc(F)cc1)c1cccs1)c1sc2cc(F)ccc2c1Cl. The molecule has 1 atom stereocenters. The van der Waals surface area contributed by atoms with E-state index in [1.54, 1.807) is 18.2 Å². The summed E-state index contributed by atoms with van der Waals surface area (Å²) in [5.41, 5.74) is 0.760. The summed E-state index contributed by atoms with van der Waals surface area (Å²) >= 11 is 8.99. The fraction of sp³-hybridized carbons (Fsp3) is 0.0500. The van der Waals surface area contributed by atoms with Crippen LogP contribution in [0.4, 0.5) is 8.78 Å². The van der Waals surface area contributed by atoms with E-state index < -0.39 is 6.04 Å². The number of thiophene rings is 2. The van der Waals surface area contributed by atoms with Gasteiger partial charge in [0.1, 0.15) is 16.5 Å². The van der Waals surface area contributed by atoms with Crippen molar-refractivity contribution in [3.63, 3.8) is 0 Å². The van der Waals surface area contributed by atoms with E-state index in [2.05, 4.69) is 5.32 Å². The highest BCUT2D eigenvalue weighted by Gasteiger charge is 2.23. The molecule has 0 fully saturated rings. The monoisotopic (exact) mass is 419 g/mol. The van der Waals surface area contributed by atoms with Crippen molar-refractivity contribution >= 4 is 50.3 Å². The minimum absolute atomic E-state index is 0.302. The van der Waals surface area contributed by atoms with Crippen LogP contribution in [0, 0.1) is 11.6 Å². The molecule has 0 radical (unpaired) electrons. The summed E-state index contributed by atoms with van der Waals surface area (Å²) in [6.07, 6.45) is 0. The van der Waals surface area contributed by atoms with E-state index in [-0.39, 0.29) is 17.5 Å². The second-order valence-electron chi connectivity index (χ2n) is 5.86. The zero-order valence-corrected chi connectivity index (χ0v) is 16.1. The Balaban J connectivity index is 1.70. The Morgan fingerprint density at radius 3 is 2.48 bits per heavy atom. The number of amides is 1. The molecule has 1 N–H and O–H groups in total. The zero-order valence-electron chi connectivity index (χ0n) is 13.7.